The van der Waals surface area contributed by atoms with Crippen molar-refractivity contribution >= 4 is 62.2 Å². The van der Waals surface area contributed by atoms with Crippen molar-refractivity contribution in [3.05, 3.63) is 62.5 Å². The number of aryl methyl sites for hydroxylation is 1. The van der Waals surface area contributed by atoms with Gasteiger partial charge in [-0.25, -0.2) is 0 Å². The fraction of sp³-hybridized carbons (Fsp3) is 0.227. The number of carbonyl (C=O) groups is 2. The summed E-state index contributed by atoms with van der Waals surface area (Å²) in [5.41, 5.74) is 2.94. The summed E-state index contributed by atoms with van der Waals surface area (Å²) in [6.07, 6.45) is 1.55. The molecule has 162 valence electrons. The zero-order valence-electron chi connectivity index (χ0n) is 16.9. The van der Waals surface area contributed by atoms with E-state index in [2.05, 4.69) is 15.9 Å². The Kier molecular flexibility index (Phi) is 7.74. The van der Waals surface area contributed by atoms with Crippen LogP contribution in [0, 0.1) is 6.92 Å². The molecule has 1 amide bonds. The fourth-order valence-electron chi connectivity index (χ4n) is 2.94. The van der Waals surface area contributed by atoms with Gasteiger partial charge in [0, 0.05) is 6.54 Å². The summed E-state index contributed by atoms with van der Waals surface area (Å²) in [5, 5.41) is 8.86. The maximum atomic E-state index is 12.6. The number of methoxy groups -OCH3 is 1. The highest BCUT2D eigenvalue weighted by Gasteiger charge is 2.32. The van der Waals surface area contributed by atoms with Crippen LogP contribution in [0.3, 0.4) is 0 Å². The molecule has 1 fully saturated rings. The Balaban J connectivity index is 1.81. The second-order valence-corrected chi connectivity index (χ2v) is 9.26. The molecule has 2 aromatic carbocycles. The summed E-state index contributed by atoms with van der Waals surface area (Å²) >= 11 is 9.91. The number of halogens is 1. The Hall–Kier alpha value is -2.36. The molecule has 0 bridgehead atoms. The molecule has 31 heavy (non-hydrogen) atoms. The van der Waals surface area contributed by atoms with Crippen molar-refractivity contribution in [2.45, 2.75) is 20.0 Å². The first-order valence-corrected chi connectivity index (χ1v) is 11.3. The van der Waals surface area contributed by atoms with Crippen LogP contribution in [0.15, 0.2) is 45.8 Å². The molecule has 1 aliphatic rings. The van der Waals surface area contributed by atoms with Crippen molar-refractivity contribution < 1.29 is 24.2 Å². The normalized spacial score (nSPS) is 14.9. The maximum absolute atomic E-state index is 12.6. The molecular formula is C22H20BrNO5S2. The van der Waals surface area contributed by atoms with E-state index >= 15 is 0 Å². The van der Waals surface area contributed by atoms with Crippen molar-refractivity contribution in [1.29, 1.82) is 0 Å². The van der Waals surface area contributed by atoms with Crippen molar-refractivity contribution in [1.82, 2.24) is 4.90 Å². The second kappa shape index (κ2) is 10.3. The van der Waals surface area contributed by atoms with Crippen LogP contribution in [0.2, 0.25) is 0 Å². The molecule has 0 radical (unpaired) electrons. The quantitative estimate of drug-likeness (QED) is 0.386. The van der Waals surface area contributed by atoms with Crippen LogP contribution in [-0.2, 0) is 16.2 Å². The predicted molar refractivity (Wildman–Crippen MR) is 128 cm³/mol. The van der Waals surface area contributed by atoms with Crippen LogP contribution in [-0.4, -0.2) is 39.9 Å². The van der Waals surface area contributed by atoms with Crippen LogP contribution in [0.5, 0.6) is 11.5 Å². The lowest BCUT2D eigenvalue weighted by Crippen LogP contribution is -2.30. The molecule has 6 nitrogen and oxygen atoms in total. The van der Waals surface area contributed by atoms with E-state index < -0.39 is 5.97 Å². The van der Waals surface area contributed by atoms with Crippen molar-refractivity contribution in [2.24, 2.45) is 0 Å². The zero-order chi connectivity index (χ0) is 22.5. The third-order valence-electron chi connectivity index (χ3n) is 4.61. The van der Waals surface area contributed by atoms with Gasteiger partial charge in [0.15, 0.2) is 11.5 Å². The van der Waals surface area contributed by atoms with E-state index in [0.29, 0.717) is 31.8 Å². The van der Waals surface area contributed by atoms with Gasteiger partial charge in [0.05, 0.1) is 22.9 Å². The minimum absolute atomic E-state index is 0.0516. The third kappa shape index (κ3) is 5.66. The molecule has 1 aliphatic heterocycles. The SMILES string of the molecule is COc1cc(/C=C2\SC(=S)N(CCC(=O)O)C2=O)cc(Br)c1OCc1ccccc1C. The molecule has 0 saturated carbocycles. The number of aliphatic carboxylic acids is 1. The number of benzene rings is 2. The average molecular weight is 522 g/mol. The molecular weight excluding hydrogens is 502 g/mol. The lowest BCUT2D eigenvalue weighted by atomic mass is 10.1. The van der Waals surface area contributed by atoms with Gasteiger partial charge in [0.2, 0.25) is 0 Å². The summed E-state index contributed by atoms with van der Waals surface area (Å²) in [7, 11) is 1.55. The summed E-state index contributed by atoms with van der Waals surface area (Å²) in [6, 6.07) is 11.6. The van der Waals surface area contributed by atoms with Gasteiger partial charge in [-0.05, 0) is 57.8 Å². The number of carbonyl (C=O) groups excluding carboxylic acids is 1. The van der Waals surface area contributed by atoms with E-state index in [0.717, 1.165) is 28.5 Å². The number of hydrogen-bond acceptors (Lipinski definition) is 6. The van der Waals surface area contributed by atoms with Crippen LogP contribution < -0.4 is 9.47 Å². The van der Waals surface area contributed by atoms with Gasteiger partial charge in [-0.2, -0.15) is 0 Å². The lowest BCUT2D eigenvalue weighted by Gasteiger charge is -2.15. The molecule has 2 aromatic rings. The van der Waals surface area contributed by atoms with Gasteiger partial charge >= 0.3 is 5.97 Å². The fourth-order valence-corrected chi connectivity index (χ4v) is 4.82. The third-order valence-corrected chi connectivity index (χ3v) is 6.57. The lowest BCUT2D eigenvalue weighted by molar-refractivity contribution is -0.137. The van der Waals surface area contributed by atoms with E-state index in [1.54, 1.807) is 19.3 Å². The van der Waals surface area contributed by atoms with E-state index in [-0.39, 0.29) is 18.9 Å². The average Bonchev–Trinajstić information content (AvgIpc) is 2.98. The predicted octanol–water partition coefficient (Wildman–Crippen LogP) is 5.02. The van der Waals surface area contributed by atoms with Crippen LogP contribution in [0.1, 0.15) is 23.1 Å². The van der Waals surface area contributed by atoms with Gasteiger partial charge in [0.25, 0.3) is 5.91 Å². The highest BCUT2D eigenvalue weighted by Crippen LogP contribution is 2.39. The monoisotopic (exact) mass is 521 g/mol. The number of carboxylic acid groups (broad SMARTS) is 1. The first-order chi connectivity index (χ1) is 14.8. The number of nitrogens with zero attached hydrogens (tertiary/aromatic N) is 1. The van der Waals surface area contributed by atoms with E-state index in [9.17, 15) is 9.59 Å². The second-order valence-electron chi connectivity index (χ2n) is 6.73. The Morgan fingerprint density at radius 3 is 2.74 bits per heavy atom. The molecule has 0 atom stereocenters. The largest absolute Gasteiger partial charge is 0.493 e. The summed E-state index contributed by atoms with van der Waals surface area (Å²) in [6.45, 7) is 2.47. The molecule has 1 N–H and O–H groups in total. The topological polar surface area (TPSA) is 76.1 Å². The first-order valence-electron chi connectivity index (χ1n) is 9.32. The van der Waals surface area contributed by atoms with Crippen molar-refractivity contribution in [2.75, 3.05) is 13.7 Å². The Morgan fingerprint density at radius 2 is 2.06 bits per heavy atom. The number of amides is 1. The zero-order valence-corrected chi connectivity index (χ0v) is 20.1. The van der Waals surface area contributed by atoms with E-state index in [1.807, 2.05) is 37.3 Å². The Morgan fingerprint density at radius 1 is 1.32 bits per heavy atom. The van der Waals surface area contributed by atoms with E-state index in [1.165, 1.54) is 4.90 Å². The van der Waals surface area contributed by atoms with Crippen molar-refractivity contribution in [3.8, 4) is 11.5 Å². The number of rotatable bonds is 8. The number of thiocarbonyl (C=S) groups is 1. The molecule has 0 spiro atoms. The number of thioether (sulfide) groups is 1. The molecule has 9 heteroatoms. The smallest absolute Gasteiger partial charge is 0.305 e. The number of ether oxygens (including phenoxy) is 2. The van der Waals surface area contributed by atoms with Gasteiger partial charge < -0.3 is 14.6 Å². The minimum atomic E-state index is -0.979. The number of hydrogen-bond donors (Lipinski definition) is 1. The molecule has 0 aromatic heterocycles. The Labute approximate surface area is 198 Å². The highest BCUT2D eigenvalue weighted by molar-refractivity contribution is 9.10. The molecule has 3 rings (SSSR count). The summed E-state index contributed by atoms with van der Waals surface area (Å²) < 4.78 is 12.6. The standard InChI is InChI=1S/C22H20BrNO5S2/c1-13-5-3-4-6-15(13)12-29-20-16(23)9-14(10-17(20)28-2)11-18-21(27)24(22(30)31-18)8-7-19(25)26/h3-6,9-11H,7-8,12H2,1-2H3,(H,25,26)/b18-11-. The van der Waals surface area contributed by atoms with Crippen LogP contribution in [0.25, 0.3) is 6.08 Å². The van der Waals surface area contributed by atoms with Crippen LogP contribution >= 0.6 is 39.9 Å². The van der Waals surface area contributed by atoms with Gasteiger partial charge in [0.1, 0.15) is 10.9 Å². The highest BCUT2D eigenvalue weighted by atomic mass is 79.9. The summed E-state index contributed by atoms with van der Waals surface area (Å²) in [5.74, 6) is -0.188. The molecule has 0 aliphatic carbocycles. The van der Waals surface area contributed by atoms with Gasteiger partial charge in [-0.1, -0.05) is 48.2 Å². The maximum Gasteiger partial charge on any atom is 0.305 e. The number of carboxylic acids is 1. The van der Waals surface area contributed by atoms with E-state index in [4.69, 9.17) is 26.8 Å². The molecule has 0 unspecified atom stereocenters. The molecule has 1 saturated heterocycles. The van der Waals surface area contributed by atoms with Crippen molar-refractivity contribution in [3.63, 3.8) is 0 Å². The minimum Gasteiger partial charge on any atom is -0.493 e. The Bertz CT molecular complexity index is 1070. The van der Waals surface area contributed by atoms with Gasteiger partial charge in [-0.15, -0.1) is 0 Å². The van der Waals surface area contributed by atoms with Gasteiger partial charge in [-0.3, -0.25) is 14.5 Å². The summed E-state index contributed by atoms with van der Waals surface area (Å²) in [4.78, 5) is 25.2. The first kappa shape index (κ1) is 23.3. The van der Waals surface area contributed by atoms with Crippen LogP contribution in [0.4, 0.5) is 0 Å². The molecule has 1 heterocycles.